The minimum atomic E-state index is -0.463. The molecule has 0 saturated heterocycles. The summed E-state index contributed by atoms with van der Waals surface area (Å²) in [7, 11) is 0. The molecule has 1 amide bonds. The molecule has 0 radical (unpaired) electrons. The quantitative estimate of drug-likeness (QED) is 0.580. The zero-order valence-corrected chi connectivity index (χ0v) is 15.2. The number of rotatable bonds is 6. The van der Waals surface area contributed by atoms with Crippen molar-refractivity contribution in [3.05, 3.63) is 56.7 Å². The first-order valence-corrected chi connectivity index (χ1v) is 8.77. The van der Waals surface area contributed by atoms with Crippen LogP contribution in [0.25, 0.3) is 0 Å². The number of nitro groups is 1. The fourth-order valence-electron chi connectivity index (χ4n) is 2.48. The molecule has 0 spiro atoms. The fourth-order valence-corrected chi connectivity index (χ4v) is 2.71. The van der Waals surface area contributed by atoms with Gasteiger partial charge in [0.15, 0.2) is 0 Å². The summed E-state index contributed by atoms with van der Waals surface area (Å²) in [5.41, 5.74) is 0.631. The van der Waals surface area contributed by atoms with Gasteiger partial charge in [-0.3, -0.25) is 19.8 Å². The normalized spacial score (nSPS) is 13.4. The number of benzene rings is 1. The molecular weight excluding hydrogens is 388 g/mol. The molecule has 1 aromatic carbocycles. The topological polar surface area (TPSA) is 88.4 Å². The number of nitrogens with zero attached hydrogens (tertiary/aromatic N) is 3. The van der Waals surface area contributed by atoms with Crippen molar-refractivity contribution >= 4 is 39.0 Å². The smallest absolute Gasteiger partial charge is 0.293 e. The monoisotopic (exact) mass is 404 g/mol. The molecule has 2 aromatic rings. The largest absolute Gasteiger partial charge is 0.377 e. The van der Waals surface area contributed by atoms with Crippen LogP contribution in [-0.2, 0) is 0 Å². The van der Waals surface area contributed by atoms with E-state index in [9.17, 15) is 14.9 Å². The molecule has 1 fully saturated rings. The predicted molar refractivity (Wildman–Crippen MR) is 99.0 cm³/mol. The molecule has 0 aliphatic heterocycles. The van der Waals surface area contributed by atoms with Crippen molar-refractivity contribution in [1.29, 1.82) is 0 Å². The number of amides is 1. The van der Waals surface area contributed by atoms with Crippen molar-refractivity contribution in [3.63, 3.8) is 0 Å². The molecule has 1 saturated carbocycles. The number of nitrogens with one attached hydrogen (secondary N) is 1. The zero-order valence-electron chi connectivity index (χ0n) is 13.6. The van der Waals surface area contributed by atoms with Gasteiger partial charge in [0.2, 0.25) is 0 Å². The van der Waals surface area contributed by atoms with E-state index < -0.39 is 4.92 Å². The summed E-state index contributed by atoms with van der Waals surface area (Å²) in [5, 5.41) is 14.5. The summed E-state index contributed by atoms with van der Waals surface area (Å²) >= 11 is 3.31. The Kier molecular flexibility index (Phi) is 4.98. The molecule has 0 bridgehead atoms. The fraction of sp³-hybridized carbons (Fsp3) is 0.294. The lowest BCUT2D eigenvalue weighted by molar-refractivity contribution is -0.384. The van der Waals surface area contributed by atoms with Crippen molar-refractivity contribution in [2.75, 3.05) is 16.8 Å². The molecule has 1 aromatic heterocycles. The van der Waals surface area contributed by atoms with Crippen molar-refractivity contribution in [3.8, 4) is 0 Å². The highest BCUT2D eigenvalue weighted by Crippen LogP contribution is 2.32. The van der Waals surface area contributed by atoms with Gasteiger partial charge in [0.25, 0.3) is 11.6 Å². The predicted octanol–water partition coefficient (Wildman–Crippen LogP) is 3.99. The van der Waals surface area contributed by atoms with Crippen LogP contribution in [0.1, 0.15) is 30.1 Å². The maximum absolute atomic E-state index is 12.8. The lowest BCUT2D eigenvalue weighted by Gasteiger charge is -2.20. The van der Waals surface area contributed by atoms with Crippen LogP contribution in [0.2, 0.25) is 0 Å². The third kappa shape index (κ3) is 3.96. The van der Waals surface area contributed by atoms with Crippen LogP contribution >= 0.6 is 15.9 Å². The Labute approximate surface area is 153 Å². The first-order chi connectivity index (χ1) is 12.0. The van der Waals surface area contributed by atoms with Gasteiger partial charge >= 0.3 is 0 Å². The van der Waals surface area contributed by atoms with Crippen LogP contribution in [0, 0.1) is 10.1 Å². The van der Waals surface area contributed by atoms with Gasteiger partial charge in [-0.05, 0) is 60.0 Å². The number of anilines is 2. The van der Waals surface area contributed by atoms with E-state index in [0.29, 0.717) is 24.1 Å². The Balaban J connectivity index is 1.90. The van der Waals surface area contributed by atoms with Crippen LogP contribution in [0.4, 0.5) is 17.2 Å². The van der Waals surface area contributed by atoms with Crippen LogP contribution in [0.5, 0.6) is 0 Å². The first-order valence-electron chi connectivity index (χ1n) is 7.98. The third-order valence-electron chi connectivity index (χ3n) is 3.93. The van der Waals surface area contributed by atoms with E-state index in [0.717, 1.165) is 17.3 Å². The molecule has 1 aliphatic carbocycles. The van der Waals surface area contributed by atoms with E-state index in [1.165, 1.54) is 11.0 Å². The van der Waals surface area contributed by atoms with E-state index in [2.05, 4.69) is 26.2 Å². The van der Waals surface area contributed by atoms with Gasteiger partial charge in [0, 0.05) is 34.9 Å². The molecular formula is C17H17BrN4O3. The zero-order chi connectivity index (χ0) is 18.0. The van der Waals surface area contributed by atoms with Crippen molar-refractivity contribution in [2.45, 2.75) is 25.8 Å². The lowest BCUT2D eigenvalue weighted by atomic mass is 10.1. The Bertz CT molecular complexity index is 806. The molecule has 25 heavy (non-hydrogen) atoms. The second kappa shape index (κ2) is 7.18. The van der Waals surface area contributed by atoms with Gasteiger partial charge < -0.3 is 5.32 Å². The number of halogens is 1. The maximum atomic E-state index is 12.8. The summed E-state index contributed by atoms with van der Waals surface area (Å²) in [6.45, 7) is 2.24. The molecule has 7 nitrogen and oxygen atoms in total. The van der Waals surface area contributed by atoms with Crippen LogP contribution in [0.15, 0.2) is 41.0 Å². The Morgan fingerprint density at radius 1 is 1.40 bits per heavy atom. The van der Waals surface area contributed by atoms with Gasteiger partial charge in [0.05, 0.1) is 4.92 Å². The van der Waals surface area contributed by atoms with Crippen molar-refractivity contribution in [1.82, 2.24) is 4.98 Å². The first kappa shape index (κ1) is 17.3. The second-order valence-corrected chi connectivity index (χ2v) is 6.71. The summed E-state index contributed by atoms with van der Waals surface area (Å²) in [6.07, 6.45) is 3.63. The second-order valence-electron chi connectivity index (χ2n) is 5.79. The van der Waals surface area contributed by atoms with Crippen LogP contribution < -0.4 is 10.2 Å². The van der Waals surface area contributed by atoms with Gasteiger partial charge in [-0.25, -0.2) is 4.98 Å². The number of carbonyl (C=O) groups is 1. The van der Waals surface area contributed by atoms with Gasteiger partial charge in [-0.15, -0.1) is 0 Å². The number of nitro benzene ring substituents is 1. The molecule has 1 N–H and O–H groups in total. The minimum Gasteiger partial charge on any atom is -0.377 e. The molecule has 0 unspecified atom stereocenters. The standard InChI is InChI=1S/C17H17BrN4O3/c1-2-21(16-8-4-12(18)10-19-16)17(23)11-3-7-14(20-13-5-6-13)15(9-11)22(24)25/h3-4,7-10,13,20H,2,5-6H2,1H3. The Morgan fingerprint density at radius 3 is 2.72 bits per heavy atom. The molecule has 1 heterocycles. The van der Waals surface area contributed by atoms with E-state index in [1.807, 2.05) is 6.92 Å². The summed E-state index contributed by atoms with van der Waals surface area (Å²) in [4.78, 5) is 29.4. The van der Waals surface area contributed by atoms with Gasteiger partial charge in [0.1, 0.15) is 11.5 Å². The average Bonchev–Trinajstić information content (AvgIpc) is 3.41. The van der Waals surface area contributed by atoms with E-state index in [1.54, 1.807) is 30.5 Å². The molecule has 1 aliphatic rings. The average molecular weight is 405 g/mol. The molecule has 0 atom stereocenters. The lowest BCUT2D eigenvalue weighted by Crippen LogP contribution is -2.31. The number of aromatic nitrogens is 1. The van der Waals surface area contributed by atoms with E-state index in [-0.39, 0.29) is 17.2 Å². The highest BCUT2D eigenvalue weighted by atomic mass is 79.9. The number of pyridine rings is 1. The molecule has 3 rings (SSSR count). The van der Waals surface area contributed by atoms with Gasteiger partial charge in [-0.2, -0.15) is 0 Å². The molecule has 8 heteroatoms. The van der Waals surface area contributed by atoms with Crippen LogP contribution in [-0.4, -0.2) is 28.4 Å². The highest BCUT2D eigenvalue weighted by Gasteiger charge is 2.26. The molecule has 130 valence electrons. The maximum Gasteiger partial charge on any atom is 0.293 e. The Morgan fingerprint density at radius 2 is 2.16 bits per heavy atom. The van der Waals surface area contributed by atoms with Crippen molar-refractivity contribution in [2.24, 2.45) is 0 Å². The number of carbonyl (C=O) groups excluding carboxylic acids is 1. The van der Waals surface area contributed by atoms with E-state index in [4.69, 9.17) is 0 Å². The van der Waals surface area contributed by atoms with Crippen LogP contribution in [0.3, 0.4) is 0 Å². The third-order valence-corrected chi connectivity index (χ3v) is 4.40. The Hall–Kier alpha value is -2.48. The van der Waals surface area contributed by atoms with Gasteiger partial charge in [-0.1, -0.05) is 0 Å². The SMILES string of the molecule is CCN(C(=O)c1ccc(NC2CC2)c([N+](=O)[O-])c1)c1ccc(Br)cn1. The number of hydrogen-bond donors (Lipinski definition) is 1. The summed E-state index contributed by atoms with van der Waals surface area (Å²) < 4.78 is 0.811. The highest BCUT2D eigenvalue weighted by molar-refractivity contribution is 9.10. The van der Waals surface area contributed by atoms with E-state index >= 15 is 0 Å². The van der Waals surface area contributed by atoms with Crippen molar-refractivity contribution < 1.29 is 9.72 Å². The minimum absolute atomic E-state index is 0.0856. The summed E-state index contributed by atoms with van der Waals surface area (Å²) in [6, 6.07) is 8.36. The number of hydrogen-bond acceptors (Lipinski definition) is 5. The summed E-state index contributed by atoms with van der Waals surface area (Å²) in [5.74, 6) is 0.178.